The van der Waals surface area contributed by atoms with E-state index in [0.717, 1.165) is 31.8 Å². The number of hydrogen-bond donors (Lipinski definition) is 1. The molecule has 0 aliphatic heterocycles. The minimum absolute atomic E-state index is 0.0516. The lowest BCUT2D eigenvalue weighted by Gasteiger charge is -2.22. The quantitative estimate of drug-likeness (QED) is 0.699. The molecule has 0 bridgehead atoms. The van der Waals surface area contributed by atoms with Crippen LogP contribution in [0.2, 0.25) is 0 Å². The van der Waals surface area contributed by atoms with Gasteiger partial charge in [-0.1, -0.05) is 13.3 Å². The Hall–Kier alpha value is -0.570. The largest absolute Gasteiger partial charge is 0.343 e. The molecule has 0 radical (unpaired) electrons. The summed E-state index contributed by atoms with van der Waals surface area (Å²) in [7, 11) is 0. The van der Waals surface area contributed by atoms with E-state index in [2.05, 4.69) is 6.92 Å². The van der Waals surface area contributed by atoms with Crippen LogP contribution in [-0.2, 0) is 4.79 Å². The molecule has 1 amide bonds. The van der Waals surface area contributed by atoms with E-state index in [0.29, 0.717) is 6.42 Å². The molecule has 0 heterocycles. The van der Waals surface area contributed by atoms with Crippen LogP contribution < -0.4 is 5.73 Å². The van der Waals surface area contributed by atoms with Crippen molar-refractivity contribution in [2.24, 2.45) is 11.7 Å². The van der Waals surface area contributed by atoms with Crippen LogP contribution in [0.4, 0.5) is 0 Å². The Bertz CT molecular complexity index is 202. The molecule has 1 aliphatic rings. The third-order valence-corrected chi connectivity index (χ3v) is 3.01. The molecule has 0 aromatic rings. The van der Waals surface area contributed by atoms with Gasteiger partial charge in [0.25, 0.3) is 0 Å². The van der Waals surface area contributed by atoms with Crippen LogP contribution >= 0.6 is 0 Å². The third kappa shape index (κ3) is 4.65. The maximum Gasteiger partial charge on any atom is 0.224 e. The highest BCUT2D eigenvalue weighted by Gasteiger charge is 2.26. The lowest BCUT2D eigenvalue weighted by Crippen LogP contribution is -2.37. The van der Waals surface area contributed by atoms with Crippen molar-refractivity contribution in [3.63, 3.8) is 0 Å². The minimum Gasteiger partial charge on any atom is -0.343 e. The summed E-state index contributed by atoms with van der Waals surface area (Å²) >= 11 is 0. The van der Waals surface area contributed by atoms with Crippen molar-refractivity contribution >= 4 is 5.91 Å². The Morgan fingerprint density at radius 2 is 2.13 bits per heavy atom. The number of nitrogens with zero attached hydrogens (tertiary/aromatic N) is 1. The van der Waals surface area contributed by atoms with Crippen LogP contribution in [0.5, 0.6) is 0 Å². The summed E-state index contributed by atoms with van der Waals surface area (Å²) in [5.41, 5.74) is 5.88. The Balaban J connectivity index is 2.27. The Morgan fingerprint density at radius 1 is 1.47 bits per heavy atom. The van der Waals surface area contributed by atoms with Crippen LogP contribution in [0.3, 0.4) is 0 Å². The fourth-order valence-electron chi connectivity index (χ4n) is 1.85. The van der Waals surface area contributed by atoms with Gasteiger partial charge in [-0.2, -0.15) is 0 Å². The number of nitrogens with two attached hydrogens (primary N) is 1. The molecule has 0 aromatic carbocycles. The molecule has 1 rings (SSSR count). The SMILES string of the molecule is CCCC(N)CC(=O)N(CC)CC1CC1. The first-order valence-corrected chi connectivity index (χ1v) is 6.20. The molecule has 3 heteroatoms. The van der Waals surface area contributed by atoms with Gasteiger partial charge < -0.3 is 10.6 Å². The average Bonchev–Trinajstić information content (AvgIpc) is 2.97. The predicted octanol–water partition coefficient (Wildman–Crippen LogP) is 1.76. The van der Waals surface area contributed by atoms with E-state index in [1.807, 2.05) is 11.8 Å². The van der Waals surface area contributed by atoms with Crippen LogP contribution in [0.15, 0.2) is 0 Å². The van der Waals surface area contributed by atoms with Gasteiger partial charge in [0, 0.05) is 25.6 Å². The van der Waals surface area contributed by atoms with Gasteiger partial charge in [-0.05, 0) is 32.1 Å². The summed E-state index contributed by atoms with van der Waals surface area (Å²) in [6.45, 7) is 5.93. The summed E-state index contributed by atoms with van der Waals surface area (Å²) in [5, 5.41) is 0. The van der Waals surface area contributed by atoms with Crippen molar-refractivity contribution in [2.75, 3.05) is 13.1 Å². The highest BCUT2D eigenvalue weighted by atomic mass is 16.2. The molecule has 88 valence electrons. The zero-order valence-electron chi connectivity index (χ0n) is 10.0. The summed E-state index contributed by atoms with van der Waals surface area (Å²) in [6.07, 6.45) is 5.12. The Labute approximate surface area is 93.0 Å². The molecule has 0 saturated heterocycles. The van der Waals surface area contributed by atoms with Gasteiger partial charge in [0.05, 0.1) is 0 Å². The fourth-order valence-corrected chi connectivity index (χ4v) is 1.85. The van der Waals surface area contributed by atoms with Gasteiger partial charge in [-0.15, -0.1) is 0 Å². The Morgan fingerprint density at radius 3 is 2.60 bits per heavy atom. The van der Waals surface area contributed by atoms with Crippen molar-refractivity contribution < 1.29 is 4.79 Å². The predicted molar refractivity (Wildman–Crippen MR) is 62.5 cm³/mol. The highest BCUT2D eigenvalue weighted by molar-refractivity contribution is 5.76. The van der Waals surface area contributed by atoms with Gasteiger partial charge in [-0.3, -0.25) is 4.79 Å². The van der Waals surface area contributed by atoms with E-state index in [1.54, 1.807) is 0 Å². The molecule has 0 spiro atoms. The number of carbonyl (C=O) groups excluding carboxylic acids is 1. The van der Waals surface area contributed by atoms with Crippen LogP contribution in [0.25, 0.3) is 0 Å². The van der Waals surface area contributed by atoms with Crippen molar-refractivity contribution in [1.82, 2.24) is 4.90 Å². The van der Waals surface area contributed by atoms with Gasteiger partial charge >= 0.3 is 0 Å². The molecule has 0 aromatic heterocycles. The molecule has 2 N–H and O–H groups in total. The van der Waals surface area contributed by atoms with E-state index in [4.69, 9.17) is 5.73 Å². The van der Waals surface area contributed by atoms with Crippen molar-refractivity contribution in [2.45, 2.75) is 52.0 Å². The molecule has 15 heavy (non-hydrogen) atoms. The number of carbonyl (C=O) groups is 1. The second-order valence-corrected chi connectivity index (χ2v) is 4.63. The van der Waals surface area contributed by atoms with Gasteiger partial charge in [0.2, 0.25) is 5.91 Å². The molecule has 1 saturated carbocycles. The zero-order valence-corrected chi connectivity index (χ0v) is 10.0. The molecule has 3 nitrogen and oxygen atoms in total. The number of amides is 1. The third-order valence-electron chi connectivity index (χ3n) is 3.01. The maximum atomic E-state index is 11.9. The van der Waals surface area contributed by atoms with Crippen LogP contribution in [0.1, 0.15) is 46.0 Å². The van der Waals surface area contributed by atoms with Crippen molar-refractivity contribution in [3.8, 4) is 0 Å². The molecule has 1 fully saturated rings. The standard InChI is InChI=1S/C12H24N2O/c1-3-5-11(13)8-12(15)14(4-2)9-10-6-7-10/h10-11H,3-9,13H2,1-2H3. The summed E-state index contributed by atoms with van der Waals surface area (Å²) in [4.78, 5) is 13.8. The first-order valence-electron chi connectivity index (χ1n) is 6.20. The van der Waals surface area contributed by atoms with E-state index >= 15 is 0 Å². The van der Waals surface area contributed by atoms with E-state index in [-0.39, 0.29) is 11.9 Å². The summed E-state index contributed by atoms with van der Waals surface area (Å²) in [5.74, 6) is 1.02. The molecule has 1 aliphatic carbocycles. The molecule has 1 atom stereocenters. The first kappa shape index (κ1) is 12.5. The van der Waals surface area contributed by atoms with Gasteiger partial charge in [0.1, 0.15) is 0 Å². The molecule has 1 unspecified atom stereocenters. The second-order valence-electron chi connectivity index (χ2n) is 4.63. The van der Waals surface area contributed by atoms with Crippen LogP contribution in [0, 0.1) is 5.92 Å². The smallest absolute Gasteiger partial charge is 0.224 e. The number of hydrogen-bond acceptors (Lipinski definition) is 2. The normalized spacial score (nSPS) is 17.5. The highest BCUT2D eigenvalue weighted by Crippen LogP contribution is 2.29. The fraction of sp³-hybridized carbons (Fsp3) is 0.917. The zero-order chi connectivity index (χ0) is 11.3. The average molecular weight is 212 g/mol. The second kappa shape index (κ2) is 6.11. The molecular formula is C12H24N2O. The minimum atomic E-state index is 0.0516. The first-order chi connectivity index (χ1) is 7.17. The molecular weight excluding hydrogens is 188 g/mol. The van der Waals surface area contributed by atoms with Crippen molar-refractivity contribution in [1.29, 1.82) is 0 Å². The monoisotopic (exact) mass is 212 g/mol. The van der Waals surface area contributed by atoms with E-state index in [9.17, 15) is 4.79 Å². The van der Waals surface area contributed by atoms with Crippen LogP contribution in [-0.4, -0.2) is 29.9 Å². The Kier molecular flexibility index (Phi) is 5.09. The van der Waals surface area contributed by atoms with Crippen molar-refractivity contribution in [3.05, 3.63) is 0 Å². The lowest BCUT2D eigenvalue weighted by molar-refractivity contribution is -0.131. The lowest BCUT2D eigenvalue weighted by atomic mass is 10.1. The topological polar surface area (TPSA) is 46.3 Å². The summed E-state index contributed by atoms with van der Waals surface area (Å²) < 4.78 is 0. The van der Waals surface area contributed by atoms with Gasteiger partial charge in [-0.25, -0.2) is 0 Å². The number of rotatable bonds is 7. The summed E-state index contributed by atoms with van der Waals surface area (Å²) in [6, 6.07) is 0.0516. The van der Waals surface area contributed by atoms with E-state index in [1.165, 1.54) is 12.8 Å². The maximum absolute atomic E-state index is 11.9. The van der Waals surface area contributed by atoms with E-state index < -0.39 is 0 Å². The van der Waals surface area contributed by atoms with Gasteiger partial charge in [0.15, 0.2) is 0 Å².